The van der Waals surface area contributed by atoms with Gasteiger partial charge >= 0.3 is 0 Å². The minimum absolute atomic E-state index is 0.287. The summed E-state index contributed by atoms with van der Waals surface area (Å²) >= 11 is 0. The van der Waals surface area contributed by atoms with Crippen LogP contribution in [0.4, 0.5) is 0 Å². The Kier molecular flexibility index (Phi) is 30.4. The maximum atomic E-state index is 2.44. The molecule has 0 amide bonds. The van der Waals surface area contributed by atoms with E-state index >= 15 is 0 Å². The number of aryl methyl sites for hydroxylation is 16. The van der Waals surface area contributed by atoms with Crippen molar-refractivity contribution >= 4 is 0 Å². The molecule has 0 spiro atoms. The lowest BCUT2D eigenvalue weighted by Crippen LogP contribution is -2.31. The number of pyridine rings is 5. The predicted molar refractivity (Wildman–Crippen MR) is 533 cm³/mol. The standard InChI is InChI=1S/C26H30N.C25H28N.C25H30N.C24H28N.C21H22N/c1-19-9-7-8-12-24(19)23-14-13-20(2)25(17-23)26-18-22(15-16-27(26)3)21-10-5-4-6-11-21;1-18-8-4-7-11-23(18)22-13-12-19(2)24(16-22)25-17-21(14-15-26(25)3)20-9-5-6-10-20;1-18-9-7-8-10-22(18)21-12-11-19(2)23(16-21)24-15-20(13-14-26(24)6)17-25(3,4)5;1-17(2)14-20-12-13-25(5)24(15-20)23-16-21(11-10-19(23)4)22-9-7-6-8-18(22)3;1-15-9-12-21(22(4)14-15)20-13-18(11-10-17(20)3)19-8-6-5-7-16(19)2/h7-9,12-18,21H,4-6,10-11H2,1-3H3;4,7-8,11-17,20H,5-6,9-10H2,1-3H3;7-16H,17H2,1-6H3;6-13,15-17H,14H2,1-5H3;5-14H,1-4H3/q5*+1. The molecule has 642 valence electrons. The summed E-state index contributed by atoms with van der Waals surface area (Å²) < 4.78 is 11.2. The third-order valence-corrected chi connectivity index (χ3v) is 26.2. The molecule has 2 fully saturated rings. The second-order valence-electron chi connectivity index (χ2n) is 38.1. The lowest BCUT2D eigenvalue weighted by atomic mass is 9.84. The zero-order valence-electron chi connectivity index (χ0n) is 79.6. The summed E-state index contributed by atoms with van der Waals surface area (Å²) in [7, 11) is 10.7. The molecule has 5 nitrogen and oxygen atoms in total. The van der Waals surface area contributed by atoms with Crippen molar-refractivity contribution in [2.75, 3.05) is 0 Å². The molecule has 15 aromatic rings. The van der Waals surface area contributed by atoms with Gasteiger partial charge in [0.2, 0.25) is 28.5 Å². The van der Waals surface area contributed by atoms with Gasteiger partial charge in [0.05, 0.1) is 0 Å². The summed E-state index contributed by atoms with van der Waals surface area (Å²) in [6, 6.07) is 100. The van der Waals surface area contributed by atoms with Crippen molar-refractivity contribution in [3.8, 4) is 112 Å². The highest BCUT2D eigenvalue weighted by atomic mass is 14.9. The van der Waals surface area contributed by atoms with E-state index in [2.05, 4.69) is 473 Å². The summed E-state index contributed by atoms with van der Waals surface area (Å²) in [5, 5.41) is 0. The number of aromatic nitrogens is 5. The first-order valence-electron chi connectivity index (χ1n) is 46.3. The Morgan fingerprint density at radius 3 is 0.833 bits per heavy atom. The zero-order chi connectivity index (χ0) is 89.5. The van der Waals surface area contributed by atoms with Gasteiger partial charge in [-0.25, -0.2) is 22.8 Å². The lowest BCUT2D eigenvalue weighted by Gasteiger charge is -2.22. The first kappa shape index (κ1) is 91.6. The van der Waals surface area contributed by atoms with Gasteiger partial charge in [-0.2, -0.15) is 0 Å². The molecular formula is C121H138N5+5. The van der Waals surface area contributed by atoms with Crippen molar-refractivity contribution in [1.29, 1.82) is 0 Å². The molecule has 0 aliphatic heterocycles. The van der Waals surface area contributed by atoms with Crippen molar-refractivity contribution in [2.24, 2.45) is 46.6 Å². The fourth-order valence-corrected chi connectivity index (χ4v) is 18.8. The Balaban J connectivity index is 0.000000135. The fraction of sp³-hybridized carbons (Fsp3) is 0.298. The van der Waals surface area contributed by atoms with Gasteiger partial charge < -0.3 is 0 Å². The summed E-state index contributed by atoms with van der Waals surface area (Å²) in [5.41, 5.74) is 46.7. The van der Waals surface area contributed by atoms with Crippen LogP contribution in [0.2, 0.25) is 0 Å². The normalized spacial score (nSPS) is 12.7. The summed E-state index contributed by atoms with van der Waals surface area (Å²) in [5.74, 6) is 2.15. The maximum absolute atomic E-state index is 2.44. The molecular weight excluding hydrogens is 1520 g/mol. The Labute approximate surface area is 757 Å². The van der Waals surface area contributed by atoms with E-state index in [1.54, 1.807) is 0 Å². The van der Waals surface area contributed by atoms with Crippen LogP contribution in [0.25, 0.3) is 112 Å². The molecule has 126 heavy (non-hydrogen) atoms. The summed E-state index contributed by atoms with van der Waals surface area (Å²) in [4.78, 5) is 0. The second kappa shape index (κ2) is 41.8. The van der Waals surface area contributed by atoms with Crippen LogP contribution in [0.15, 0.2) is 304 Å². The van der Waals surface area contributed by atoms with Crippen molar-refractivity contribution in [2.45, 2.75) is 193 Å². The highest BCUT2D eigenvalue weighted by Gasteiger charge is 2.26. The predicted octanol–water partition coefficient (Wildman–Crippen LogP) is 29.1. The van der Waals surface area contributed by atoms with E-state index < -0.39 is 0 Å². The van der Waals surface area contributed by atoms with Crippen LogP contribution in [0.5, 0.6) is 0 Å². The van der Waals surface area contributed by atoms with Crippen molar-refractivity contribution in [3.05, 3.63) is 387 Å². The minimum Gasteiger partial charge on any atom is -0.201 e. The molecule has 5 aromatic heterocycles. The maximum Gasteiger partial charge on any atom is 0.212 e. The largest absolute Gasteiger partial charge is 0.212 e. The molecule has 0 unspecified atom stereocenters. The molecule has 2 aliphatic carbocycles. The highest BCUT2D eigenvalue weighted by Crippen LogP contribution is 2.41. The van der Waals surface area contributed by atoms with Crippen LogP contribution in [0.3, 0.4) is 0 Å². The number of nitrogens with zero attached hydrogens (tertiary/aromatic N) is 5. The molecule has 0 atom stereocenters. The van der Waals surface area contributed by atoms with Crippen LogP contribution >= 0.6 is 0 Å². The van der Waals surface area contributed by atoms with E-state index in [1.165, 1.54) is 253 Å². The van der Waals surface area contributed by atoms with Gasteiger partial charge in [-0.3, -0.25) is 0 Å². The Morgan fingerprint density at radius 2 is 0.532 bits per heavy atom. The molecule has 5 heteroatoms. The van der Waals surface area contributed by atoms with E-state index in [4.69, 9.17) is 0 Å². The summed E-state index contributed by atoms with van der Waals surface area (Å²) in [6.45, 7) is 35.5. The smallest absolute Gasteiger partial charge is 0.201 e. The zero-order valence-corrected chi connectivity index (χ0v) is 79.6. The Morgan fingerprint density at radius 1 is 0.262 bits per heavy atom. The lowest BCUT2D eigenvalue weighted by molar-refractivity contribution is -0.660. The van der Waals surface area contributed by atoms with Crippen LogP contribution in [-0.4, -0.2) is 0 Å². The molecule has 17 rings (SSSR count). The molecule has 2 saturated carbocycles. The quantitative estimate of drug-likeness (QED) is 0.0912. The van der Waals surface area contributed by atoms with E-state index in [-0.39, 0.29) is 5.41 Å². The van der Waals surface area contributed by atoms with Crippen molar-refractivity contribution < 1.29 is 22.8 Å². The average molecular weight is 1660 g/mol. The Bertz CT molecular complexity index is 6310. The number of hydrogen-bond acceptors (Lipinski definition) is 0. The SMILES string of the molecule is Cc1ccc(-c2cc(-c3ccccc3C)ccc2C)[n+](C)c1.Cc1ccccc1-c1ccc(C)c(-c2cc(C3CCCC3)cc[n+]2C)c1.Cc1ccccc1-c1ccc(C)c(-c2cc(C3CCCCC3)cc[n+]2C)c1.Cc1ccccc1-c1ccc(C)c(-c2cc(CC(C)(C)C)cc[n+]2C)c1.Cc1ccccc1-c1ccc(C)c(-c2cc(CC(C)C)cc[n+]2C)c1. The molecule has 5 heterocycles. The number of rotatable bonds is 15. The monoisotopic (exact) mass is 1660 g/mol. The minimum atomic E-state index is 0.287. The first-order valence-corrected chi connectivity index (χ1v) is 46.3. The molecule has 0 bridgehead atoms. The first-order chi connectivity index (χ1) is 60.5. The van der Waals surface area contributed by atoms with Crippen LogP contribution < -0.4 is 22.8 Å². The van der Waals surface area contributed by atoms with Gasteiger partial charge in [-0.05, 0) is 308 Å². The van der Waals surface area contributed by atoms with Crippen LogP contribution in [0.1, 0.15) is 188 Å². The van der Waals surface area contributed by atoms with Gasteiger partial charge in [-0.1, -0.05) is 249 Å². The van der Waals surface area contributed by atoms with Gasteiger partial charge in [0.15, 0.2) is 31.0 Å². The van der Waals surface area contributed by atoms with Gasteiger partial charge in [-0.15, -0.1) is 0 Å². The molecule has 0 N–H and O–H groups in total. The molecule has 0 saturated heterocycles. The van der Waals surface area contributed by atoms with Crippen molar-refractivity contribution in [1.82, 2.24) is 0 Å². The van der Waals surface area contributed by atoms with Crippen molar-refractivity contribution in [3.63, 3.8) is 0 Å². The van der Waals surface area contributed by atoms with Gasteiger partial charge in [0.1, 0.15) is 35.2 Å². The average Bonchev–Trinajstić information content (AvgIpc) is 0.830. The van der Waals surface area contributed by atoms with E-state index in [1.807, 2.05) is 0 Å². The van der Waals surface area contributed by atoms with Gasteiger partial charge in [0.25, 0.3) is 0 Å². The molecule has 0 radical (unpaired) electrons. The van der Waals surface area contributed by atoms with E-state index in [0.29, 0.717) is 5.92 Å². The highest BCUT2D eigenvalue weighted by molar-refractivity contribution is 5.80. The van der Waals surface area contributed by atoms with E-state index in [0.717, 1.165) is 24.7 Å². The number of benzene rings is 10. The fourth-order valence-electron chi connectivity index (χ4n) is 18.8. The third kappa shape index (κ3) is 23.0. The summed E-state index contributed by atoms with van der Waals surface area (Å²) in [6.07, 6.45) is 25.5. The second-order valence-corrected chi connectivity index (χ2v) is 38.1. The van der Waals surface area contributed by atoms with Crippen LogP contribution in [-0.2, 0) is 48.1 Å². The van der Waals surface area contributed by atoms with Crippen LogP contribution in [0, 0.1) is 87.5 Å². The van der Waals surface area contributed by atoms with Gasteiger partial charge in [0, 0.05) is 88.0 Å². The topological polar surface area (TPSA) is 19.4 Å². The Hall–Kier alpha value is -12.1. The molecule has 10 aromatic carbocycles. The third-order valence-electron chi connectivity index (χ3n) is 26.2. The number of hydrogen-bond donors (Lipinski definition) is 0. The van der Waals surface area contributed by atoms with E-state index in [9.17, 15) is 0 Å². The molecule has 2 aliphatic rings.